The molecule has 0 aliphatic heterocycles. The molecule has 2 aromatic rings. The van der Waals surface area contributed by atoms with Crippen LogP contribution in [0.2, 0.25) is 0 Å². The highest BCUT2D eigenvalue weighted by atomic mass is 13.8. The maximum absolute atomic E-state index is 3.63. The van der Waals surface area contributed by atoms with E-state index in [0.717, 1.165) is 0 Å². The van der Waals surface area contributed by atoms with Gasteiger partial charge in [-0.15, -0.1) is 13.2 Å². The fraction of sp³-hybridized carbons (Fsp3) is 0. The fourth-order valence-electron chi connectivity index (χ4n) is 1.18. The summed E-state index contributed by atoms with van der Waals surface area (Å²) in [5, 5.41) is 0. The van der Waals surface area contributed by atoms with Crippen molar-refractivity contribution in [2.75, 3.05) is 0 Å². The molecule has 0 bridgehead atoms. The van der Waals surface area contributed by atoms with Crippen molar-refractivity contribution in [3.63, 3.8) is 0 Å². The molecule has 0 aliphatic carbocycles. The minimum atomic E-state index is 1.17. The molecule has 0 unspecified atom stereocenters. The molecule has 0 nitrogen and oxygen atoms in total. The summed E-state index contributed by atoms with van der Waals surface area (Å²) in [5.41, 5.74) is 2.35. The van der Waals surface area contributed by atoms with E-state index in [2.05, 4.69) is 52.6 Å². The molecular formula is C26H32. The third-order valence-corrected chi connectivity index (χ3v) is 2.40. The second kappa shape index (κ2) is 26.5. The Morgan fingerprint density at radius 2 is 0.654 bits per heavy atom. The van der Waals surface area contributed by atoms with Crippen LogP contribution in [0.5, 0.6) is 0 Å². The van der Waals surface area contributed by atoms with Crippen molar-refractivity contribution in [2.45, 2.75) is 0 Å². The van der Waals surface area contributed by atoms with Crippen LogP contribution < -0.4 is 0 Å². The van der Waals surface area contributed by atoms with Crippen LogP contribution in [0.25, 0.3) is 12.2 Å². The normalized spacial score (nSPS) is 6.92. The van der Waals surface area contributed by atoms with Crippen molar-refractivity contribution in [2.24, 2.45) is 0 Å². The molecule has 0 aromatic heterocycles. The van der Waals surface area contributed by atoms with Gasteiger partial charge in [-0.3, -0.25) is 0 Å². The predicted molar refractivity (Wildman–Crippen MR) is 125 cm³/mol. The van der Waals surface area contributed by atoms with Crippen molar-refractivity contribution in [3.8, 4) is 0 Å². The van der Waals surface area contributed by atoms with Gasteiger partial charge >= 0.3 is 0 Å². The zero-order valence-corrected chi connectivity index (χ0v) is 15.9. The van der Waals surface area contributed by atoms with Crippen molar-refractivity contribution in [1.29, 1.82) is 0 Å². The molecule has 26 heavy (non-hydrogen) atoms. The van der Waals surface area contributed by atoms with E-state index in [4.69, 9.17) is 0 Å². The van der Waals surface area contributed by atoms with Gasteiger partial charge in [0.15, 0.2) is 0 Å². The smallest absolute Gasteiger partial charge is 0.0263 e. The molecular weight excluding hydrogens is 312 g/mol. The third kappa shape index (κ3) is 22.9. The SMILES string of the molecule is C=C.C=CC=C.C=CC=C.C=Cc1ccccc1.C=Cc1ccccc1. The Labute approximate surface area is 161 Å². The van der Waals surface area contributed by atoms with Crippen molar-refractivity contribution < 1.29 is 0 Å². The second-order valence-electron chi connectivity index (χ2n) is 4.17. The molecule has 0 amide bonds. The Morgan fingerprint density at radius 1 is 0.423 bits per heavy atom. The van der Waals surface area contributed by atoms with E-state index in [-0.39, 0.29) is 0 Å². The molecule has 0 heteroatoms. The zero-order valence-electron chi connectivity index (χ0n) is 15.9. The van der Waals surface area contributed by atoms with Crippen LogP contribution in [0.15, 0.2) is 138 Å². The first-order chi connectivity index (χ1) is 12.7. The topological polar surface area (TPSA) is 0 Å². The molecule has 0 fully saturated rings. The summed E-state index contributed by atoms with van der Waals surface area (Å²) in [6.45, 7) is 26.7. The quantitative estimate of drug-likeness (QED) is 0.387. The maximum atomic E-state index is 3.63. The summed E-state index contributed by atoms with van der Waals surface area (Å²) >= 11 is 0. The van der Waals surface area contributed by atoms with E-state index in [9.17, 15) is 0 Å². The standard InChI is InChI=1S/2C8H8.2C4H6.C2H4/c2*1-2-8-6-4-3-5-7-8;2*1-3-4-2;1-2/h2*2-7H,1H2;2*3-4H,1-2H2;1-2H2. The Bertz CT molecular complexity index is 521. The minimum absolute atomic E-state index is 1.17. The predicted octanol–water partition coefficient (Wildman–Crippen LogP) is 8.18. The van der Waals surface area contributed by atoms with E-state index in [1.54, 1.807) is 24.3 Å². The van der Waals surface area contributed by atoms with Gasteiger partial charge in [-0.25, -0.2) is 0 Å². The second-order valence-corrected chi connectivity index (χ2v) is 4.17. The lowest BCUT2D eigenvalue weighted by molar-refractivity contribution is 1.67. The minimum Gasteiger partial charge on any atom is -0.106 e. The summed E-state index contributed by atoms with van der Waals surface area (Å²) in [6.07, 6.45) is 10.2. The van der Waals surface area contributed by atoms with E-state index >= 15 is 0 Å². The van der Waals surface area contributed by atoms with Gasteiger partial charge in [0.2, 0.25) is 0 Å². The molecule has 136 valence electrons. The van der Waals surface area contributed by atoms with Gasteiger partial charge in [-0.2, -0.15) is 0 Å². The van der Waals surface area contributed by atoms with E-state index in [1.165, 1.54) is 11.1 Å². The number of hydrogen-bond acceptors (Lipinski definition) is 0. The summed E-state index contributed by atoms with van der Waals surface area (Å²) < 4.78 is 0. The molecule has 2 rings (SSSR count). The molecule has 0 saturated heterocycles. The molecule has 0 aliphatic rings. The maximum Gasteiger partial charge on any atom is -0.0263 e. The van der Waals surface area contributed by atoms with Crippen LogP contribution in [0.3, 0.4) is 0 Å². The van der Waals surface area contributed by atoms with Gasteiger partial charge in [0.25, 0.3) is 0 Å². The molecule has 0 radical (unpaired) electrons. The van der Waals surface area contributed by atoms with E-state index < -0.39 is 0 Å². The van der Waals surface area contributed by atoms with Crippen LogP contribution in [-0.2, 0) is 0 Å². The van der Waals surface area contributed by atoms with Gasteiger partial charge in [-0.05, 0) is 11.1 Å². The Kier molecular flexibility index (Phi) is 28.0. The van der Waals surface area contributed by atoms with Crippen LogP contribution in [0.1, 0.15) is 11.1 Å². The number of allylic oxidation sites excluding steroid dienone is 4. The highest BCUT2D eigenvalue weighted by molar-refractivity contribution is 5.46. The van der Waals surface area contributed by atoms with Crippen LogP contribution in [0.4, 0.5) is 0 Å². The van der Waals surface area contributed by atoms with E-state index in [1.807, 2.05) is 72.8 Å². The van der Waals surface area contributed by atoms with Gasteiger partial charge in [-0.1, -0.05) is 137 Å². The highest BCUT2D eigenvalue weighted by Crippen LogP contribution is 1.98. The lowest BCUT2D eigenvalue weighted by Crippen LogP contribution is -1.63. The van der Waals surface area contributed by atoms with E-state index in [0.29, 0.717) is 0 Å². The Hall–Kier alpha value is -3.38. The van der Waals surface area contributed by atoms with Crippen molar-refractivity contribution >= 4 is 12.2 Å². The molecule has 2 aromatic carbocycles. The van der Waals surface area contributed by atoms with Gasteiger partial charge in [0.1, 0.15) is 0 Å². The summed E-state index contributed by atoms with van der Waals surface area (Å²) in [4.78, 5) is 0. The zero-order chi connectivity index (χ0) is 20.5. The first-order valence-corrected chi connectivity index (χ1v) is 8.01. The molecule has 0 atom stereocenters. The molecule has 0 heterocycles. The van der Waals surface area contributed by atoms with Crippen molar-refractivity contribution in [3.05, 3.63) is 149 Å². The summed E-state index contributed by atoms with van der Waals surface area (Å²) in [7, 11) is 0. The third-order valence-electron chi connectivity index (χ3n) is 2.40. The van der Waals surface area contributed by atoms with Crippen molar-refractivity contribution in [1.82, 2.24) is 0 Å². The lowest BCUT2D eigenvalue weighted by Gasteiger charge is -1.85. The number of benzene rings is 2. The first-order valence-electron chi connectivity index (χ1n) is 8.01. The fourth-order valence-corrected chi connectivity index (χ4v) is 1.18. The van der Waals surface area contributed by atoms with Gasteiger partial charge in [0, 0.05) is 0 Å². The molecule has 0 spiro atoms. The van der Waals surface area contributed by atoms with Gasteiger partial charge < -0.3 is 0 Å². The first kappa shape index (κ1) is 27.5. The van der Waals surface area contributed by atoms with Crippen LogP contribution >= 0.6 is 0 Å². The van der Waals surface area contributed by atoms with Gasteiger partial charge in [0.05, 0.1) is 0 Å². The Morgan fingerprint density at radius 3 is 0.769 bits per heavy atom. The summed E-state index contributed by atoms with van der Waals surface area (Å²) in [6, 6.07) is 20.1. The monoisotopic (exact) mass is 344 g/mol. The van der Waals surface area contributed by atoms with Crippen LogP contribution in [-0.4, -0.2) is 0 Å². The summed E-state index contributed by atoms with van der Waals surface area (Å²) in [5.74, 6) is 0. The average Bonchev–Trinajstić information content (AvgIpc) is 2.77. The lowest BCUT2D eigenvalue weighted by atomic mass is 10.2. The van der Waals surface area contributed by atoms with Crippen LogP contribution in [0, 0.1) is 0 Å². The molecule has 0 N–H and O–H groups in total. The Balaban J connectivity index is -0.000000277. The molecule has 0 saturated carbocycles. The number of rotatable bonds is 4. The number of hydrogen-bond donors (Lipinski definition) is 0. The highest BCUT2D eigenvalue weighted by Gasteiger charge is 1.76. The average molecular weight is 345 g/mol. The largest absolute Gasteiger partial charge is 0.106 e.